The third kappa shape index (κ3) is 6.76. The summed E-state index contributed by atoms with van der Waals surface area (Å²) in [7, 11) is 0. The van der Waals surface area contributed by atoms with Crippen LogP contribution in [0.1, 0.15) is 52.4 Å². The molecule has 1 atom stereocenters. The van der Waals surface area contributed by atoms with E-state index in [0.29, 0.717) is 11.7 Å². The maximum absolute atomic E-state index is 11.2. The molecule has 0 amide bonds. The van der Waals surface area contributed by atoms with E-state index in [-0.39, 0.29) is 0 Å². The molecular formula is C11H23NO. The van der Waals surface area contributed by atoms with Crippen molar-refractivity contribution in [3.8, 4) is 0 Å². The quantitative estimate of drug-likeness (QED) is 0.631. The van der Waals surface area contributed by atoms with Crippen LogP contribution in [0.5, 0.6) is 0 Å². The Kier molecular flexibility index (Phi) is 8.00. The summed E-state index contributed by atoms with van der Waals surface area (Å²) in [5.74, 6) is 1.07. The van der Waals surface area contributed by atoms with Crippen molar-refractivity contribution in [3.63, 3.8) is 0 Å². The highest BCUT2D eigenvalue weighted by atomic mass is 16.1. The zero-order valence-corrected chi connectivity index (χ0v) is 9.01. The van der Waals surface area contributed by atoms with Crippen LogP contribution in [0.2, 0.25) is 0 Å². The first-order chi connectivity index (χ1) is 6.24. The van der Waals surface area contributed by atoms with Crippen LogP contribution in [-0.2, 0) is 4.79 Å². The second-order valence-electron chi connectivity index (χ2n) is 3.68. The SMILES string of the molecule is CCCC(=O)CCC(CC)CCN. The van der Waals surface area contributed by atoms with Gasteiger partial charge in [-0.1, -0.05) is 20.3 Å². The molecule has 0 radical (unpaired) electrons. The van der Waals surface area contributed by atoms with E-state index in [2.05, 4.69) is 13.8 Å². The zero-order chi connectivity index (χ0) is 10.1. The molecule has 0 aromatic heterocycles. The molecule has 0 rings (SSSR count). The highest BCUT2D eigenvalue weighted by Crippen LogP contribution is 2.15. The van der Waals surface area contributed by atoms with E-state index in [4.69, 9.17) is 5.73 Å². The van der Waals surface area contributed by atoms with Crippen LogP contribution < -0.4 is 5.73 Å². The smallest absolute Gasteiger partial charge is 0.132 e. The lowest BCUT2D eigenvalue weighted by atomic mass is 9.95. The average Bonchev–Trinajstić information content (AvgIpc) is 2.12. The molecule has 0 aromatic carbocycles. The number of rotatable bonds is 8. The molecule has 0 aliphatic rings. The van der Waals surface area contributed by atoms with Gasteiger partial charge in [0, 0.05) is 12.8 Å². The molecule has 2 nitrogen and oxygen atoms in total. The van der Waals surface area contributed by atoms with Crippen LogP contribution in [0.3, 0.4) is 0 Å². The molecule has 0 aromatic rings. The molecule has 2 N–H and O–H groups in total. The van der Waals surface area contributed by atoms with Gasteiger partial charge in [-0.15, -0.1) is 0 Å². The van der Waals surface area contributed by atoms with Crippen molar-refractivity contribution in [2.24, 2.45) is 11.7 Å². The topological polar surface area (TPSA) is 43.1 Å². The largest absolute Gasteiger partial charge is 0.330 e. The standard InChI is InChI=1S/C11H23NO/c1-3-5-11(13)7-6-10(4-2)8-9-12/h10H,3-9,12H2,1-2H3. The second kappa shape index (κ2) is 8.24. The summed E-state index contributed by atoms with van der Waals surface area (Å²) >= 11 is 0. The van der Waals surface area contributed by atoms with E-state index in [1.54, 1.807) is 0 Å². The summed E-state index contributed by atoms with van der Waals surface area (Å²) in [6, 6.07) is 0. The average molecular weight is 185 g/mol. The van der Waals surface area contributed by atoms with Gasteiger partial charge in [0.25, 0.3) is 0 Å². The monoisotopic (exact) mass is 185 g/mol. The third-order valence-electron chi connectivity index (χ3n) is 2.51. The molecule has 0 aliphatic carbocycles. The highest BCUT2D eigenvalue weighted by molar-refractivity contribution is 5.78. The van der Waals surface area contributed by atoms with E-state index in [0.717, 1.165) is 45.1 Å². The van der Waals surface area contributed by atoms with E-state index >= 15 is 0 Å². The molecule has 2 heteroatoms. The Morgan fingerprint density at radius 3 is 2.38 bits per heavy atom. The minimum atomic E-state index is 0.415. The van der Waals surface area contributed by atoms with Crippen molar-refractivity contribution in [1.82, 2.24) is 0 Å². The Labute approximate surface area is 81.9 Å². The van der Waals surface area contributed by atoms with Crippen molar-refractivity contribution < 1.29 is 4.79 Å². The van der Waals surface area contributed by atoms with Gasteiger partial charge in [-0.3, -0.25) is 4.79 Å². The fourth-order valence-electron chi connectivity index (χ4n) is 1.56. The van der Waals surface area contributed by atoms with Gasteiger partial charge in [0.1, 0.15) is 5.78 Å². The van der Waals surface area contributed by atoms with Gasteiger partial charge in [-0.2, -0.15) is 0 Å². The highest BCUT2D eigenvalue weighted by Gasteiger charge is 2.07. The van der Waals surface area contributed by atoms with Crippen molar-refractivity contribution in [2.75, 3.05) is 6.54 Å². The maximum Gasteiger partial charge on any atom is 0.132 e. The summed E-state index contributed by atoms with van der Waals surface area (Å²) in [6.45, 7) is 4.97. The summed E-state index contributed by atoms with van der Waals surface area (Å²) < 4.78 is 0. The molecule has 0 saturated heterocycles. The lowest BCUT2D eigenvalue weighted by Gasteiger charge is -2.12. The molecular weight excluding hydrogens is 162 g/mol. The lowest BCUT2D eigenvalue weighted by Crippen LogP contribution is -2.10. The first-order valence-electron chi connectivity index (χ1n) is 5.46. The summed E-state index contributed by atoms with van der Waals surface area (Å²) in [6.07, 6.45) is 5.73. The Hall–Kier alpha value is -0.370. The molecule has 0 saturated carbocycles. The molecule has 0 spiro atoms. The first kappa shape index (κ1) is 12.6. The first-order valence-corrected chi connectivity index (χ1v) is 5.46. The second-order valence-corrected chi connectivity index (χ2v) is 3.68. The molecule has 13 heavy (non-hydrogen) atoms. The van der Waals surface area contributed by atoms with Crippen molar-refractivity contribution >= 4 is 5.78 Å². The summed E-state index contributed by atoms with van der Waals surface area (Å²) in [5, 5.41) is 0. The number of nitrogens with two attached hydrogens (primary N) is 1. The van der Waals surface area contributed by atoms with E-state index < -0.39 is 0 Å². The van der Waals surface area contributed by atoms with Crippen molar-refractivity contribution in [1.29, 1.82) is 0 Å². The number of hydrogen-bond acceptors (Lipinski definition) is 2. The number of hydrogen-bond donors (Lipinski definition) is 1. The van der Waals surface area contributed by atoms with E-state index in [1.165, 1.54) is 0 Å². The van der Waals surface area contributed by atoms with Gasteiger partial charge in [0.05, 0.1) is 0 Å². The van der Waals surface area contributed by atoms with Gasteiger partial charge in [0.15, 0.2) is 0 Å². The molecule has 0 fully saturated rings. The van der Waals surface area contributed by atoms with E-state index in [9.17, 15) is 4.79 Å². The summed E-state index contributed by atoms with van der Waals surface area (Å²) in [4.78, 5) is 11.2. The normalized spacial score (nSPS) is 12.8. The molecule has 1 unspecified atom stereocenters. The lowest BCUT2D eigenvalue weighted by molar-refractivity contribution is -0.119. The predicted molar refractivity (Wildman–Crippen MR) is 56.6 cm³/mol. The number of Topliss-reactive ketones (excluding diaryl/α,β-unsaturated/α-hetero) is 1. The number of carbonyl (C=O) groups is 1. The molecule has 0 bridgehead atoms. The van der Waals surface area contributed by atoms with Crippen LogP contribution in [0.15, 0.2) is 0 Å². The fourth-order valence-corrected chi connectivity index (χ4v) is 1.56. The Bertz CT molecular complexity index is 134. The van der Waals surface area contributed by atoms with Crippen LogP contribution in [-0.4, -0.2) is 12.3 Å². The van der Waals surface area contributed by atoms with E-state index in [1.807, 2.05) is 0 Å². The van der Waals surface area contributed by atoms with Gasteiger partial charge >= 0.3 is 0 Å². The molecule has 78 valence electrons. The summed E-state index contributed by atoms with van der Waals surface area (Å²) in [5.41, 5.74) is 5.49. The van der Waals surface area contributed by atoms with Crippen molar-refractivity contribution in [3.05, 3.63) is 0 Å². The zero-order valence-electron chi connectivity index (χ0n) is 9.01. The minimum absolute atomic E-state index is 0.415. The Balaban J connectivity index is 3.52. The Morgan fingerprint density at radius 2 is 1.92 bits per heavy atom. The van der Waals surface area contributed by atoms with Crippen LogP contribution in [0, 0.1) is 5.92 Å². The van der Waals surface area contributed by atoms with Gasteiger partial charge in [-0.25, -0.2) is 0 Å². The molecule has 0 heterocycles. The Morgan fingerprint density at radius 1 is 1.23 bits per heavy atom. The van der Waals surface area contributed by atoms with Gasteiger partial charge in [-0.05, 0) is 31.7 Å². The minimum Gasteiger partial charge on any atom is -0.330 e. The molecule has 0 aliphatic heterocycles. The number of ketones is 1. The van der Waals surface area contributed by atoms with Crippen LogP contribution in [0.25, 0.3) is 0 Å². The predicted octanol–water partition coefficient (Wildman–Crippen LogP) is 2.51. The van der Waals surface area contributed by atoms with Gasteiger partial charge in [0.2, 0.25) is 0 Å². The number of carbonyl (C=O) groups excluding carboxylic acids is 1. The van der Waals surface area contributed by atoms with Crippen LogP contribution >= 0.6 is 0 Å². The van der Waals surface area contributed by atoms with Crippen molar-refractivity contribution in [2.45, 2.75) is 52.4 Å². The fraction of sp³-hybridized carbons (Fsp3) is 0.909. The van der Waals surface area contributed by atoms with Gasteiger partial charge < -0.3 is 5.73 Å². The third-order valence-corrected chi connectivity index (χ3v) is 2.51. The van der Waals surface area contributed by atoms with Crippen LogP contribution in [0.4, 0.5) is 0 Å². The maximum atomic E-state index is 11.2.